The molecule has 0 aliphatic carbocycles. The van der Waals surface area contributed by atoms with Crippen LogP contribution in [0.2, 0.25) is 0 Å². The molecule has 5 nitrogen and oxygen atoms in total. The van der Waals surface area contributed by atoms with Gasteiger partial charge in [0.05, 0.1) is 11.2 Å². The second-order valence-corrected chi connectivity index (χ2v) is 6.24. The van der Waals surface area contributed by atoms with Gasteiger partial charge in [-0.25, -0.2) is 4.98 Å². The first-order valence-corrected chi connectivity index (χ1v) is 8.23. The number of aromatic nitrogens is 4. The Labute approximate surface area is 127 Å². The van der Waals surface area contributed by atoms with Crippen LogP contribution in [0.4, 0.5) is 0 Å². The number of thiazole rings is 1. The quantitative estimate of drug-likeness (QED) is 0.746. The minimum atomic E-state index is 0.508. The van der Waals surface area contributed by atoms with Crippen LogP contribution in [-0.4, -0.2) is 37.6 Å². The van der Waals surface area contributed by atoms with Gasteiger partial charge in [-0.1, -0.05) is 6.07 Å². The number of likely N-dealkylation sites (tertiary alicyclic amines) is 1. The molecule has 21 heavy (non-hydrogen) atoms. The summed E-state index contributed by atoms with van der Waals surface area (Å²) < 4.78 is 2.13. The van der Waals surface area contributed by atoms with Gasteiger partial charge in [0.15, 0.2) is 5.65 Å². The van der Waals surface area contributed by atoms with Gasteiger partial charge >= 0.3 is 0 Å². The van der Waals surface area contributed by atoms with Crippen molar-refractivity contribution in [3.8, 4) is 0 Å². The average Bonchev–Trinajstić information content (AvgIpc) is 3.17. The van der Waals surface area contributed by atoms with Crippen LogP contribution < -0.4 is 0 Å². The fraction of sp³-hybridized carbons (Fsp3) is 0.400. The molecule has 3 aromatic heterocycles. The molecule has 1 saturated heterocycles. The summed E-state index contributed by atoms with van der Waals surface area (Å²) >= 11 is 1.67. The van der Waals surface area contributed by atoms with E-state index in [0.717, 1.165) is 43.9 Å². The lowest BCUT2D eigenvalue weighted by molar-refractivity contribution is 0.199. The number of piperidine rings is 1. The molecule has 4 heterocycles. The van der Waals surface area contributed by atoms with Gasteiger partial charge in [0.1, 0.15) is 5.82 Å². The molecule has 1 aliphatic heterocycles. The molecule has 0 atom stereocenters. The van der Waals surface area contributed by atoms with Crippen molar-refractivity contribution >= 4 is 17.0 Å². The number of hydrogen-bond donors (Lipinski definition) is 0. The van der Waals surface area contributed by atoms with Crippen molar-refractivity contribution < 1.29 is 0 Å². The van der Waals surface area contributed by atoms with Crippen LogP contribution in [-0.2, 0) is 6.54 Å². The van der Waals surface area contributed by atoms with E-state index in [2.05, 4.69) is 36.1 Å². The van der Waals surface area contributed by atoms with Crippen LogP contribution in [0, 0.1) is 0 Å². The Hall–Kier alpha value is -1.79. The van der Waals surface area contributed by atoms with Crippen molar-refractivity contribution in [1.82, 2.24) is 24.5 Å². The van der Waals surface area contributed by atoms with Gasteiger partial charge in [0.25, 0.3) is 0 Å². The summed E-state index contributed by atoms with van der Waals surface area (Å²) in [4.78, 5) is 6.85. The van der Waals surface area contributed by atoms with E-state index in [1.54, 1.807) is 11.3 Å². The SMILES string of the molecule is c1ccn2c(C3CCN(Cc4cscn4)CC3)nnc2c1. The van der Waals surface area contributed by atoms with E-state index in [4.69, 9.17) is 0 Å². The molecule has 0 saturated carbocycles. The fourth-order valence-corrected chi connectivity index (χ4v) is 3.58. The van der Waals surface area contributed by atoms with Crippen LogP contribution in [0.15, 0.2) is 35.3 Å². The molecule has 0 bridgehead atoms. The van der Waals surface area contributed by atoms with E-state index in [9.17, 15) is 0 Å². The molecule has 0 aromatic carbocycles. The fourth-order valence-electron chi connectivity index (χ4n) is 3.03. The number of fused-ring (bicyclic) bond motifs is 1. The molecular weight excluding hydrogens is 282 g/mol. The highest BCUT2D eigenvalue weighted by Crippen LogP contribution is 2.27. The predicted molar refractivity (Wildman–Crippen MR) is 82.4 cm³/mol. The lowest BCUT2D eigenvalue weighted by atomic mass is 9.96. The molecule has 0 amide bonds. The lowest BCUT2D eigenvalue weighted by Crippen LogP contribution is -2.33. The number of nitrogens with zero attached hydrogens (tertiary/aromatic N) is 5. The molecule has 0 radical (unpaired) electrons. The summed E-state index contributed by atoms with van der Waals surface area (Å²) in [6.45, 7) is 3.17. The van der Waals surface area contributed by atoms with Gasteiger partial charge in [0.2, 0.25) is 0 Å². The molecule has 3 aromatic rings. The minimum absolute atomic E-state index is 0.508. The Balaban J connectivity index is 1.45. The Morgan fingerprint density at radius 1 is 1.19 bits per heavy atom. The smallest absolute Gasteiger partial charge is 0.160 e. The van der Waals surface area contributed by atoms with Crippen LogP contribution in [0.25, 0.3) is 5.65 Å². The zero-order valence-corrected chi connectivity index (χ0v) is 12.5. The van der Waals surface area contributed by atoms with Crippen molar-refractivity contribution in [3.05, 3.63) is 46.8 Å². The van der Waals surface area contributed by atoms with Crippen LogP contribution in [0.1, 0.15) is 30.3 Å². The zero-order chi connectivity index (χ0) is 14.1. The van der Waals surface area contributed by atoms with Gasteiger partial charge in [0, 0.05) is 24.0 Å². The molecule has 0 spiro atoms. The number of rotatable bonds is 3. The molecule has 0 unspecified atom stereocenters. The summed E-state index contributed by atoms with van der Waals surface area (Å²) in [7, 11) is 0. The summed E-state index contributed by atoms with van der Waals surface area (Å²) in [5, 5.41) is 10.8. The summed E-state index contributed by atoms with van der Waals surface area (Å²) in [6, 6.07) is 6.05. The van der Waals surface area contributed by atoms with E-state index in [1.165, 1.54) is 5.69 Å². The molecule has 1 fully saturated rings. The van der Waals surface area contributed by atoms with Gasteiger partial charge in [-0.2, -0.15) is 0 Å². The highest BCUT2D eigenvalue weighted by atomic mass is 32.1. The summed E-state index contributed by atoms with van der Waals surface area (Å²) in [5.74, 6) is 1.62. The van der Waals surface area contributed by atoms with Crippen molar-refractivity contribution in [3.63, 3.8) is 0 Å². The first-order valence-electron chi connectivity index (χ1n) is 7.29. The van der Waals surface area contributed by atoms with Crippen molar-refractivity contribution in [2.24, 2.45) is 0 Å². The highest BCUT2D eigenvalue weighted by Gasteiger charge is 2.24. The standard InChI is InChI=1S/C15H17N5S/c1-2-6-20-14(3-1)17-18-15(20)12-4-7-19(8-5-12)9-13-10-21-11-16-13/h1-3,6,10-12H,4-5,7-9H2. The molecule has 4 rings (SSSR count). The van der Waals surface area contributed by atoms with E-state index >= 15 is 0 Å². The maximum absolute atomic E-state index is 4.40. The third kappa shape index (κ3) is 2.56. The van der Waals surface area contributed by atoms with Crippen LogP contribution >= 0.6 is 11.3 Å². The molecule has 1 aliphatic rings. The lowest BCUT2D eigenvalue weighted by Gasteiger charge is -2.30. The Bertz CT molecular complexity index is 713. The van der Waals surface area contributed by atoms with E-state index in [-0.39, 0.29) is 0 Å². The van der Waals surface area contributed by atoms with Gasteiger partial charge in [-0.3, -0.25) is 9.30 Å². The van der Waals surface area contributed by atoms with Crippen molar-refractivity contribution in [2.75, 3.05) is 13.1 Å². The summed E-state index contributed by atoms with van der Waals surface area (Å²) in [6.07, 6.45) is 4.34. The van der Waals surface area contributed by atoms with Gasteiger partial charge < -0.3 is 0 Å². The maximum Gasteiger partial charge on any atom is 0.160 e. The zero-order valence-electron chi connectivity index (χ0n) is 11.7. The molecular formula is C15H17N5S. The normalized spacial score (nSPS) is 17.5. The molecule has 6 heteroatoms. The number of hydrogen-bond acceptors (Lipinski definition) is 5. The highest BCUT2D eigenvalue weighted by molar-refractivity contribution is 7.07. The molecule has 0 N–H and O–H groups in total. The van der Waals surface area contributed by atoms with E-state index in [0.29, 0.717) is 5.92 Å². The van der Waals surface area contributed by atoms with Crippen molar-refractivity contribution in [2.45, 2.75) is 25.3 Å². The second kappa shape index (κ2) is 5.54. The van der Waals surface area contributed by atoms with Crippen molar-refractivity contribution in [1.29, 1.82) is 0 Å². The monoisotopic (exact) mass is 299 g/mol. The topological polar surface area (TPSA) is 46.3 Å². The third-order valence-corrected chi connectivity index (χ3v) is 4.80. The largest absolute Gasteiger partial charge is 0.297 e. The van der Waals surface area contributed by atoms with E-state index in [1.807, 2.05) is 23.7 Å². The first kappa shape index (κ1) is 12.9. The Morgan fingerprint density at radius 3 is 2.90 bits per heavy atom. The van der Waals surface area contributed by atoms with Crippen LogP contribution in [0.3, 0.4) is 0 Å². The summed E-state index contributed by atoms with van der Waals surface area (Å²) in [5.41, 5.74) is 4.04. The predicted octanol–water partition coefficient (Wildman–Crippen LogP) is 2.57. The number of pyridine rings is 1. The van der Waals surface area contributed by atoms with Crippen LogP contribution in [0.5, 0.6) is 0 Å². The van der Waals surface area contributed by atoms with Gasteiger partial charge in [-0.15, -0.1) is 21.5 Å². The third-order valence-electron chi connectivity index (χ3n) is 4.16. The average molecular weight is 299 g/mol. The van der Waals surface area contributed by atoms with E-state index < -0.39 is 0 Å². The first-order chi connectivity index (χ1) is 10.4. The Kier molecular flexibility index (Phi) is 3.40. The minimum Gasteiger partial charge on any atom is -0.297 e. The molecule has 108 valence electrons. The Morgan fingerprint density at radius 2 is 2.10 bits per heavy atom. The van der Waals surface area contributed by atoms with Gasteiger partial charge in [-0.05, 0) is 38.1 Å². The maximum atomic E-state index is 4.40. The second-order valence-electron chi connectivity index (χ2n) is 5.52.